The molecule has 0 radical (unpaired) electrons. The number of halogens is 2. The molecule has 29 heavy (non-hydrogen) atoms. The molecule has 0 atom stereocenters. The van der Waals surface area contributed by atoms with E-state index in [1.165, 1.54) is 17.3 Å². The van der Waals surface area contributed by atoms with E-state index in [0.717, 1.165) is 22.6 Å². The molecule has 0 saturated heterocycles. The van der Waals surface area contributed by atoms with Crippen molar-refractivity contribution in [3.8, 4) is 5.75 Å². The molecule has 148 valence electrons. The van der Waals surface area contributed by atoms with Gasteiger partial charge in [-0.05, 0) is 41.0 Å². The molecule has 0 heterocycles. The molecule has 0 fully saturated rings. The fourth-order valence-corrected chi connectivity index (χ4v) is 3.33. The fraction of sp³-hybridized carbons (Fsp3) is 0.0909. The number of amidine groups is 1. The maximum atomic E-state index is 6.03. The Bertz CT molecular complexity index is 1010. The van der Waals surface area contributed by atoms with Crippen LogP contribution in [0.1, 0.15) is 16.7 Å². The lowest BCUT2D eigenvalue weighted by molar-refractivity contribution is 0.306. The van der Waals surface area contributed by atoms with Gasteiger partial charge < -0.3 is 10.5 Å². The van der Waals surface area contributed by atoms with Crippen molar-refractivity contribution in [1.82, 2.24) is 0 Å². The maximum absolute atomic E-state index is 6.03. The van der Waals surface area contributed by atoms with Crippen LogP contribution in [0.15, 0.2) is 83.0 Å². The molecule has 0 aliphatic heterocycles. The number of thioether (sulfide) groups is 1. The van der Waals surface area contributed by atoms with Gasteiger partial charge in [0.15, 0.2) is 5.17 Å². The van der Waals surface area contributed by atoms with Crippen molar-refractivity contribution >= 4 is 46.3 Å². The van der Waals surface area contributed by atoms with E-state index in [4.69, 9.17) is 33.7 Å². The van der Waals surface area contributed by atoms with E-state index in [-0.39, 0.29) is 0 Å². The van der Waals surface area contributed by atoms with E-state index in [0.29, 0.717) is 21.8 Å². The summed E-state index contributed by atoms with van der Waals surface area (Å²) in [6.07, 6.45) is 1.64. The van der Waals surface area contributed by atoms with Crippen LogP contribution >= 0.6 is 35.0 Å². The minimum Gasteiger partial charge on any atom is -0.489 e. The molecule has 0 unspecified atom stereocenters. The zero-order chi connectivity index (χ0) is 20.5. The van der Waals surface area contributed by atoms with Crippen LogP contribution in [0.3, 0.4) is 0 Å². The largest absolute Gasteiger partial charge is 0.489 e. The summed E-state index contributed by atoms with van der Waals surface area (Å²) in [6.45, 7) is 0.388. The van der Waals surface area contributed by atoms with Crippen molar-refractivity contribution in [3.05, 3.63) is 99.5 Å². The molecule has 0 bridgehead atoms. The van der Waals surface area contributed by atoms with Gasteiger partial charge in [0.25, 0.3) is 0 Å². The van der Waals surface area contributed by atoms with Gasteiger partial charge in [-0.25, -0.2) is 0 Å². The summed E-state index contributed by atoms with van der Waals surface area (Å²) in [7, 11) is 0. The highest BCUT2D eigenvalue weighted by Gasteiger charge is 2.01. The lowest BCUT2D eigenvalue weighted by Crippen LogP contribution is -2.06. The van der Waals surface area contributed by atoms with Crippen molar-refractivity contribution in [2.75, 3.05) is 0 Å². The fourth-order valence-electron chi connectivity index (χ4n) is 2.39. The van der Waals surface area contributed by atoms with Crippen molar-refractivity contribution in [3.63, 3.8) is 0 Å². The van der Waals surface area contributed by atoms with Gasteiger partial charge in [0.05, 0.1) is 16.3 Å². The molecule has 3 aromatic rings. The van der Waals surface area contributed by atoms with E-state index in [2.05, 4.69) is 10.2 Å². The summed E-state index contributed by atoms with van der Waals surface area (Å²) in [6, 6.07) is 23.1. The van der Waals surface area contributed by atoms with Gasteiger partial charge in [0, 0.05) is 5.75 Å². The van der Waals surface area contributed by atoms with Crippen LogP contribution in [-0.4, -0.2) is 11.4 Å². The lowest BCUT2D eigenvalue weighted by atomic mass is 10.2. The molecule has 0 spiro atoms. The number of hydrogen-bond donors (Lipinski definition) is 1. The van der Waals surface area contributed by atoms with Crippen molar-refractivity contribution in [1.29, 1.82) is 0 Å². The topological polar surface area (TPSA) is 60.0 Å². The van der Waals surface area contributed by atoms with Crippen LogP contribution in [0.25, 0.3) is 0 Å². The Kier molecular flexibility index (Phi) is 7.99. The Morgan fingerprint density at radius 1 is 0.931 bits per heavy atom. The number of nitrogens with zero attached hydrogens (tertiary/aromatic N) is 2. The molecular formula is C22H19Cl2N3OS. The van der Waals surface area contributed by atoms with Crippen LogP contribution in [0, 0.1) is 0 Å². The first-order chi connectivity index (χ1) is 14.1. The highest BCUT2D eigenvalue weighted by molar-refractivity contribution is 8.13. The third kappa shape index (κ3) is 7.13. The van der Waals surface area contributed by atoms with Gasteiger partial charge in [0.2, 0.25) is 0 Å². The predicted molar refractivity (Wildman–Crippen MR) is 124 cm³/mol. The summed E-state index contributed by atoms with van der Waals surface area (Å²) in [5, 5.41) is 9.54. The Labute approximate surface area is 184 Å². The zero-order valence-electron chi connectivity index (χ0n) is 15.5. The van der Waals surface area contributed by atoms with E-state index < -0.39 is 0 Å². The second-order valence-corrected chi connectivity index (χ2v) is 7.88. The molecular weight excluding hydrogens is 425 g/mol. The zero-order valence-corrected chi connectivity index (χ0v) is 17.8. The van der Waals surface area contributed by atoms with Crippen molar-refractivity contribution in [2.24, 2.45) is 15.9 Å². The Morgan fingerprint density at radius 2 is 1.76 bits per heavy atom. The summed E-state index contributed by atoms with van der Waals surface area (Å²) >= 11 is 13.4. The monoisotopic (exact) mass is 443 g/mol. The number of nitrogens with two attached hydrogens (primary N) is 1. The predicted octanol–water partition coefficient (Wildman–Crippen LogP) is 6.15. The number of ether oxygens (including phenoxy) is 1. The molecule has 4 nitrogen and oxygen atoms in total. The number of rotatable bonds is 7. The van der Waals surface area contributed by atoms with Crippen LogP contribution in [0.5, 0.6) is 5.75 Å². The SMILES string of the molecule is NC(=NN=Cc1cccc(OCc2ccc(Cl)c(Cl)c2)c1)SCc1ccccc1. The normalized spacial score (nSPS) is 11.7. The molecule has 2 N–H and O–H groups in total. The first-order valence-corrected chi connectivity index (χ1v) is 10.5. The molecule has 0 amide bonds. The smallest absolute Gasteiger partial charge is 0.180 e. The standard InChI is InChI=1S/C22H19Cl2N3OS/c23-20-10-9-18(12-21(20)24)14-28-19-8-4-7-17(11-19)13-26-27-22(25)29-15-16-5-2-1-3-6-16/h1-13H,14-15H2,(H2,25,27). The summed E-state index contributed by atoms with van der Waals surface area (Å²) < 4.78 is 5.81. The molecule has 0 aliphatic carbocycles. The number of hydrogen-bond acceptors (Lipinski definition) is 4. The van der Waals surface area contributed by atoms with Crippen LogP contribution in [0.2, 0.25) is 10.0 Å². The minimum atomic E-state index is 0.388. The summed E-state index contributed by atoms with van der Waals surface area (Å²) in [4.78, 5) is 0. The molecule has 3 rings (SSSR count). The molecule has 3 aromatic carbocycles. The Hall–Kier alpha value is -2.47. The van der Waals surface area contributed by atoms with Gasteiger partial charge in [-0.2, -0.15) is 5.10 Å². The quantitative estimate of drug-likeness (QED) is 0.270. The van der Waals surface area contributed by atoms with E-state index in [1.54, 1.807) is 18.3 Å². The Balaban J connectivity index is 1.53. The number of benzene rings is 3. The van der Waals surface area contributed by atoms with Crippen LogP contribution < -0.4 is 10.5 Å². The van der Waals surface area contributed by atoms with E-state index in [1.807, 2.05) is 60.7 Å². The van der Waals surface area contributed by atoms with Gasteiger partial charge in [-0.15, -0.1) is 5.10 Å². The van der Waals surface area contributed by atoms with Gasteiger partial charge in [-0.3, -0.25) is 0 Å². The third-order valence-corrected chi connectivity index (χ3v) is 5.43. The minimum absolute atomic E-state index is 0.388. The van der Waals surface area contributed by atoms with Gasteiger partial charge in [-0.1, -0.05) is 83.5 Å². The highest BCUT2D eigenvalue weighted by Crippen LogP contribution is 2.23. The van der Waals surface area contributed by atoms with Crippen molar-refractivity contribution < 1.29 is 4.74 Å². The van der Waals surface area contributed by atoms with Crippen LogP contribution in [0.4, 0.5) is 0 Å². The average Bonchev–Trinajstić information content (AvgIpc) is 2.74. The van der Waals surface area contributed by atoms with E-state index >= 15 is 0 Å². The second-order valence-electron chi connectivity index (χ2n) is 6.07. The van der Waals surface area contributed by atoms with Crippen molar-refractivity contribution in [2.45, 2.75) is 12.4 Å². The molecule has 7 heteroatoms. The molecule has 0 aromatic heterocycles. The van der Waals surface area contributed by atoms with Crippen LogP contribution in [-0.2, 0) is 12.4 Å². The van der Waals surface area contributed by atoms with E-state index in [9.17, 15) is 0 Å². The van der Waals surface area contributed by atoms with Gasteiger partial charge in [0.1, 0.15) is 12.4 Å². The maximum Gasteiger partial charge on any atom is 0.180 e. The summed E-state index contributed by atoms with van der Waals surface area (Å²) in [5.41, 5.74) is 8.89. The first-order valence-electron chi connectivity index (χ1n) is 8.80. The Morgan fingerprint density at radius 3 is 2.55 bits per heavy atom. The average molecular weight is 444 g/mol. The van der Waals surface area contributed by atoms with Gasteiger partial charge >= 0.3 is 0 Å². The lowest BCUT2D eigenvalue weighted by Gasteiger charge is -2.07. The first kappa shape index (κ1) is 21.2. The highest BCUT2D eigenvalue weighted by atomic mass is 35.5. The molecule has 0 aliphatic rings. The molecule has 0 saturated carbocycles. The second kappa shape index (κ2) is 10.9. The summed E-state index contributed by atoms with van der Waals surface area (Å²) in [5.74, 6) is 1.47. The third-order valence-electron chi connectivity index (χ3n) is 3.84.